The average molecular weight is 275 g/mol. The minimum Gasteiger partial charge on any atom is -0.325 e. The Labute approximate surface area is 95.9 Å². The van der Waals surface area contributed by atoms with E-state index in [1.54, 1.807) is 12.1 Å². The van der Waals surface area contributed by atoms with Crippen LogP contribution in [0.3, 0.4) is 0 Å². The number of anilines is 1. The van der Waals surface area contributed by atoms with Crippen LogP contribution in [0.5, 0.6) is 0 Å². The molecule has 1 aromatic carbocycles. The van der Waals surface area contributed by atoms with Crippen LogP contribution in [0.4, 0.5) is 10.1 Å². The van der Waals surface area contributed by atoms with Gasteiger partial charge in [0.2, 0.25) is 5.96 Å². The molecule has 0 fully saturated rings. The van der Waals surface area contributed by atoms with Crippen molar-refractivity contribution in [1.29, 1.82) is 0 Å². The van der Waals surface area contributed by atoms with Gasteiger partial charge in [0.25, 0.3) is 0 Å². The van der Waals surface area contributed by atoms with Crippen molar-refractivity contribution in [3.8, 4) is 0 Å². The first kappa shape index (κ1) is 11.9. The number of guanidine groups is 1. The molecule has 82 valence electrons. The largest absolute Gasteiger partial charge is 0.325 e. The number of nitrogens with zero attached hydrogens (tertiary/aromatic N) is 1. The summed E-state index contributed by atoms with van der Waals surface area (Å²) in [6, 6.07) is 4.56. The summed E-state index contributed by atoms with van der Waals surface area (Å²) >= 11 is 3.09. The molecule has 0 aliphatic rings. The van der Waals surface area contributed by atoms with Gasteiger partial charge in [0, 0.05) is 12.2 Å². The average Bonchev–Trinajstić information content (AvgIpc) is 2.23. The zero-order valence-electron chi connectivity index (χ0n) is 8.22. The Bertz CT molecular complexity index is 367. The second kappa shape index (κ2) is 5.67. The van der Waals surface area contributed by atoms with Gasteiger partial charge in [0.05, 0.1) is 4.47 Å². The van der Waals surface area contributed by atoms with E-state index in [0.29, 0.717) is 22.7 Å². The zero-order chi connectivity index (χ0) is 11.3. The normalized spacial score (nSPS) is 11.3. The lowest BCUT2D eigenvalue weighted by Gasteiger charge is -2.09. The van der Waals surface area contributed by atoms with E-state index in [-0.39, 0.29) is 5.82 Å². The van der Waals surface area contributed by atoms with Crippen molar-refractivity contribution in [2.24, 2.45) is 10.8 Å². The van der Waals surface area contributed by atoms with E-state index in [1.165, 1.54) is 6.07 Å². The highest BCUT2D eigenvalue weighted by atomic mass is 79.9. The van der Waals surface area contributed by atoms with Gasteiger partial charge in [-0.3, -0.25) is 10.4 Å². The van der Waals surface area contributed by atoms with E-state index in [2.05, 4.69) is 31.7 Å². The number of hydrazine groups is 1. The van der Waals surface area contributed by atoms with Crippen molar-refractivity contribution in [1.82, 2.24) is 5.43 Å². The van der Waals surface area contributed by atoms with Crippen molar-refractivity contribution >= 4 is 27.6 Å². The highest BCUT2D eigenvalue weighted by molar-refractivity contribution is 9.10. The quantitative estimate of drug-likeness (QED) is 0.334. The molecule has 4 N–H and O–H groups in total. The van der Waals surface area contributed by atoms with Crippen LogP contribution in [0.1, 0.15) is 6.92 Å². The summed E-state index contributed by atoms with van der Waals surface area (Å²) in [5.74, 6) is 5.38. The second-order valence-corrected chi connectivity index (χ2v) is 3.58. The molecule has 15 heavy (non-hydrogen) atoms. The molecule has 0 bridgehead atoms. The van der Waals surface area contributed by atoms with E-state index in [0.717, 1.165) is 0 Å². The number of nitrogens with two attached hydrogens (primary N) is 1. The van der Waals surface area contributed by atoms with Crippen molar-refractivity contribution in [3.05, 3.63) is 28.5 Å². The van der Waals surface area contributed by atoms with Gasteiger partial charge in [0.1, 0.15) is 5.82 Å². The van der Waals surface area contributed by atoms with E-state index < -0.39 is 0 Å². The molecule has 6 heteroatoms. The number of benzene rings is 1. The smallest absolute Gasteiger partial charge is 0.210 e. The minimum atomic E-state index is -0.310. The predicted octanol–water partition coefficient (Wildman–Crippen LogP) is 1.84. The fourth-order valence-electron chi connectivity index (χ4n) is 0.990. The van der Waals surface area contributed by atoms with Crippen LogP contribution in [-0.4, -0.2) is 12.5 Å². The van der Waals surface area contributed by atoms with Crippen LogP contribution in [0.25, 0.3) is 0 Å². The molecular weight excluding hydrogens is 263 g/mol. The third-order valence-electron chi connectivity index (χ3n) is 1.64. The molecule has 0 saturated heterocycles. The summed E-state index contributed by atoms with van der Waals surface area (Å²) in [4.78, 5) is 4.05. The van der Waals surface area contributed by atoms with Crippen LogP contribution in [0, 0.1) is 5.82 Å². The number of halogens is 2. The van der Waals surface area contributed by atoms with Crippen molar-refractivity contribution in [3.63, 3.8) is 0 Å². The van der Waals surface area contributed by atoms with Gasteiger partial charge in [-0.15, -0.1) is 0 Å². The van der Waals surface area contributed by atoms with Gasteiger partial charge in [-0.1, -0.05) is 0 Å². The monoisotopic (exact) mass is 274 g/mol. The SMILES string of the molecule is CCN=C(NN)Nc1ccc(F)c(Br)c1. The predicted molar refractivity (Wildman–Crippen MR) is 63.0 cm³/mol. The number of nitrogens with one attached hydrogen (secondary N) is 2. The Morgan fingerprint density at radius 3 is 2.87 bits per heavy atom. The maximum absolute atomic E-state index is 12.9. The Balaban J connectivity index is 2.80. The molecular formula is C9H12BrFN4. The van der Waals surface area contributed by atoms with E-state index >= 15 is 0 Å². The molecule has 4 nitrogen and oxygen atoms in total. The summed E-state index contributed by atoms with van der Waals surface area (Å²) < 4.78 is 13.3. The van der Waals surface area contributed by atoms with E-state index in [9.17, 15) is 4.39 Å². The van der Waals surface area contributed by atoms with Gasteiger partial charge in [-0.05, 0) is 41.1 Å². The summed E-state index contributed by atoms with van der Waals surface area (Å²) in [5.41, 5.74) is 3.12. The maximum Gasteiger partial charge on any atom is 0.210 e. The molecule has 0 aliphatic carbocycles. The van der Waals surface area contributed by atoms with Gasteiger partial charge < -0.3 is 5.32 Å². The van der Waals surface area contributed by atoms with Crippen molar-refractivity contribution < 1.29 is 4.39 Å². The molecule has 0 heterocycles. The third-order valence-corrected chi connectivity index (χ3v) is 2.24. The maximum atomic E-state index is 12.9. The van der Waals surface area contributed by atoms with Crippen LogP contribution < -0.4 is 16.6 Å². The van der Waals surface area contributed by atoms with Gasteiger partial charge in [-0.25, -0.2) is 10.2 Å². The Morgan fingerprint density at radius 2 is 2.33 bits per heavy atom. The molecule has 0 aromatic heterocycles. The number of aliphatic imine (C=N–C) groups is 1. The minimum absolute atomic E-state index is 0.310. The molecule has 0 unspecified atom stereocenters. The lowest BCUT2D eigenvalue weighted by Crippen LogP contribution is -2.36. The molecule has 0 aliphatic heterocycles. The number of hydrogen-bond acceptors (Lipinski definition) is 2. The summed E-state index contributed by atoms with van der Waals surface area (Å²) in [5, 5.41) is 2.91. The molecule has 1 rings (SSSR count). The van der Waals surface area contributed by atoms with Crippen molar-refractivity contribution in [2.75, 3.05) is 11.9 Å². The first-order chi connectivity index (χ1) is 7.17. The lowest BCUT2D eigenvalue weighted by molar-refractivity contribution is 0.621. The van der Waals surface area contributed by atoms with Gasteiger partial charge in [-0.2, -0.15) is 0 Å². The second-order valence-electron chi connectivity index (χ2n) is 2.72. The van der Waals surface area contributed by atoms with Crippen LogP contribution in [0.15, 0.2) is 27.7 Å². The number of rotatable bonds is 2. The fourth-order valence-corrected chi connectivity index (χ4v) is 1.37. The third kappa shape index (κ3) is 3.49. The highest BCUT2D eigenvalue weighted by Gasteiger charge is 2.01. The topological polar surface area (TPSA) is 62.4 Å². The van der Waals surface area contributed by atoms with E-state index in [1.807, 2.05) is 6.92 Å². The highest BCUT2D eigenvalue weighted by Crippen LogP contribution is 2.19. The van der Waals surface area contributed by atoms with Crippen LogP contribution in [-0.2, 0) is 0 Å². The lowest BCUT2D eigenvalue weighted by atomic mass is 10.3. The van der Waals surface area contributed by atoms with Crippen LogP contribution >= 0.6 is 15.9 Å². The standard InChI is InChI=1S/C9H12BrFN4/c1-2-13-9(15-12)14-6-3-4-8(11)7(10)5-6/h3-5H,2,12H2,1H3,(H2,13,14,15). The van der Waals surface area contributed by atoms with Crippen molar-refractivity contribution in [2.45, 2.75) is 6.92 Å². The summed E-state index contributed by atoms with van der Waals surface area (Å²) in [6.45, 7) is 2.49. The summed E-state index contributed by atoms with van der Waals surface area (Å²) in [7, 11) is 0. The van der Waals surface area contributed by atoms with Crippen LogP contribution in [0.2, 0.25) is 0 Å². The van der Waals surface area contributed by atoms with E-state index in [4.69, 9.17) is 5.84 Å². The molecule has 0 saturated carbocycles. The summed E-state index contributed by atoms with van der Waals surface area (Å²) in [6.07, 6.45) is 0. The molecule has 1 aromatic rings. The number of hydrogen-bond donors (Lipinski definition) is 3. The van der Waals surface area contributed by atoms with Gasteiger partial charge in [0.15, 0.2) is 0 Å². The fraction of sp³-hybridized carbons (Fsp3) is 0.222. The first-order valence-corrected chi connectivity index (χ1v) is 5.19. The molecule has 0 atom stereocenters. The zero-order valence-corrected chi connectivity index (χ0v) is 9.81. The Kier molecular flexibility index (Phi) is 4.51. The Hall–Kier alpha value is -1.14. The van der Waals surface area contributed by atoms with Gasteiger partial charge >= 0.3 is 0 Å². The molecule has 0 radical (unpaired) electrons. The first-order valence-electron chi connectivity index (χ1n) is 4.40. The Morgan fingerprint density at radius 1 is 1.60 bits per heavy atom. The molecule has 0 amide bonds. The molecule has 0 spiro atoms.